The molecule has 1 aromatic heterocycles. The van der Waals surface area contributed by atoms with Crippen molar-refractivity contribution in [2.24, 2.45) is 0 Å². The summed E-state index contributed by atoms with van der Waals surface area (Å²) in [5.74, 6) is 0.680. The zero-order valence-electron chi connectivity index (χ0n) is 13.8. The quantitative estimate of drug-likeness (QED) is 0.595. The molecule has 3 aromatic rings. The molecule has 1 N–H and O–H groups in total. The number of aryl methyl sites for hydroxylation is 1. The first-order valence-corrected chi connectivity index (χ1v) is 9.26. The summed E-state index contributed by atoms with van der Waals surface area (Å²) in [5.41, 5.74) is 2.93. The number of benzene rings is 2. The van der Waals surface area contributed by atoms with Crippen LogP contribution in [0.1, 0.15) is 27.7 Å². The number of amides is 1. The first-order valence-electron chi connectivity index (χ1n) is 8.00. The van der Waals surface area contributed by atoms with Crippen molar-refractivity contribution in [1.29, 1.82) is 0 Å². The first kappa shape index (κ1) is 17.5. The Morgan fingerprint density at radius 2 is 1.92 bits per heavy atom. The number of ether oxygens (including phenoxy) is 1. The molecule has 1 amide bonds. The second kappa shape index (κ2) is 8.19. The zero-order chi connectivity index (χ0) is 17.6. The van der Waals surface area contributed by atoms with E-state index in [4.69, 9.17) is 16.3 Å². The van der Waals surface area contributed by atoms with Crippen LogP contribution in [0.3, 0.4) is 0 Å². The van der Waals surface area contributed by atoms with Crippen molar-refractivity contribution in [1.82, 2.24) is 0 Å². The van der Waals surface area contributed by atoms with Gasteiger partial charge in [-0.25, -0.2) is 0 Å². The molecule has 128 valence electrons. The van der Waals surface area contributed by atoms with Crippen molar-refractivity contribution >= 4 is 34.5 Å². The minimum atomic E-state index is -0.147. The standard InChI is InChI=1S/C20H18ClNO2S/c1-2-14-6-8-18(9-7-14)24-12-15-10-19(25-13-15)20(23)22-17-5-3-4-16(21)11-17/h3-11,13H,2,12H2,1H3,(H,22,23). The molecule has 0 fully saturated rings. The third-order valence-corrected chi connectivity index (χ3v) is 4.91. The number of nitrogens with one attached hydrogen (secondary N) is 1. The molecule has 2 aromatic carbocycles. The van der Waals surface area contributed by atoms with Crippen LogP contribution in [0.4, 0.5) is 5.69 Å². The molecule has 0 unspecified atom stereocenters. The summed E-state index contributed by atoms with van der Waals surface area (Å²) in [6, 6.07) is 17.0. The van der Waals surface area contributed by atoms with Gasteiger partial charge in [0.15, 0.2) is 0 Å². The number of hydrogen-bond acceptors (Lipinski definition) is 3. The van der Waals surface area contributed by atoms with E-state index < -0.39 is 0 Å². The normalized spacial score (nSPS) is 10.5. The molecule has 0 radical (unpaired) electrons. The third kappa shape index (κ3) is 4.84. The van der Waals surface area contributed by atoms with E-state index in [-0.39, 0.29) is 5.91 Å². The molecule has 0 aliphatic rings. The summed E-state index contributed by atoms with van der Waals surface area (Å²) in [5, 5.41) is 5.37. The Morgan fingerprint density at radius 1 is 1.12 bits per heavy atom. The molecule has 0 aliphatic carbocycles. The van der Waals surface area contributed by atoms with Gasteiger partial charge in [-0.3, -0.25) is 4.79 Å². The fourth-order valence-corrected chi connectivity index (χ4v) is 3.30. The first-order chi connectivity index (χ1) is 12.1. The van der Waals surface area contributed by atoms with E-state index in [1.165, 1.54) is 16.9 Å². The number of anilines is 1. The van der Waals surface area contributed by atoms with Gasteiger partial charge in [-0.05, 0) is 53.8 Å². The largest absolute Gasteiger partial charge is 0.489 e. The lowest BCUT2D eigenvalue weighted by molar-refractivity contribution is 0.103. The van der Waals surface area contributed by atoms with Gasteiger partial charge in [0.1, 0.15) is 12.4 Å². The van der Waals surface area contributed by atoms with Crippen molar-refractivity contribution in [2.75, 3.05) is 5.32 Å². The Balaban J connectivity index is 1.58. The molecule has 5 heteroatoms. The highest BCUT2D eigenvalue weighted by Crippen LogP contribution is 2.21. The van der Waals surface area contributed by atoms with E-state index in [1.54, 1.807) is 24.3 Å². The highest BCUT2D eigenvalue weighted by molar-refractivity contribution is 7.12. The molecule has 0 bridgehead atoms. The Hall–Kier alpha value is -2.30. The molecular weight excluding hydrogens is 354 g/mol. The highest BCUT2D eigenvalue weighted by atomic mass is 35.5. The predicted octanol–water partition coefficient (Wildman–Crippen LogP) is 5.80. The van der Waals surface area contributed by atoms with E-state index in [1.807, 2.05) is 23.6 Å². The number of carbonyl (C=O) groups excluding carboxylic acids is 1. The molecule has 0 saturated carbocycles. The summed E-state index contributed by atoms with van der Waals surface area (Å²) >= 11 is 7.33. The summed E-state index contributed by atoms with van der Waals surface area (Å²) < 4.78 is 5.78. The van der Waals surface area contributed by atoms with Gasteiger partial charge in [-0.2, -0.15) is 0 Å². The van der Waals surface area contributed by atoms with Crippen LogP contribution in [0.15, 0.2) is 60.0 Å². The van der Waals surface area contributed by atoms with Crippen LogP contribution >= 0.6 is 22.9 Å². The molecule has 1 heterocycles. The van der Waals surface area contributed by atoms with Crippen molar-refractivity contribution in [3.63, 3.8) is 0 Å². The van der Waals surface area contributed by atoms with Crippen LogP contribution < -0.4 is 10.1 Å². The lowest BCUT2D eigenvalue weighted by Crippen LogP contribution is -2.10. The average Bonchev–Trinajstić information content (AvgIpc) is 3.09. The minimum Gasteiger partial charge on any atom is -0.489 e. The van der Waals surface area contributed by atoms with Gasteiger partial charge in [0.05, 0.1) is 4.88 Å². The number of carbonyl (C=O) groups is 1. The Kier molecular flexibility index (Phi) is 5.74. The van der Waals surface area contributed by atoms with Gasteiger partial charge in [0, 0.05) is 16.3 Å². The Labute approximate surface area is 156 Å². The van der Waals surface area contributed by atoms with Crippen molar-refractivity contribution in [3.05, 3.63) is 81.0 Å². The number of hydrogen-bond donors (Lipinski definition) is 1. The molecule has 3 rings (SSSR count). The van der Waals surface area contributed by atoms with Gasteiger partial charge in [-0.15, -0.1) is 11.3 Å². The number of thiophene rings is 1. The van der Waals surface area contributed by atoms with Crippen LogP contribution in [0.2, 0.25) is 5.02 Å². The average molecular weight is 372 g/mol. The van der Waals surface area contributed by atoms with Gasteiger partial charge < -0.3 is 10.1 Å². The molecule has 25 heavy (non-hydrogen) atoms. The third-order valence-electron chi connectivity index (χ3n) is 3.70. The molecular formula is C20H18ClNO2S. The summed E-state index contributed by atoms with van der Waals surface area (Å²) in [6.07, 6.45) is 1.01. The van der Waals surface area contributed by atoms with Gasteiger partial charge in [-0.1, -0.05) is 36.7 Å². The fourth-order valence-electron chi connectivity index (χ4n) is 2.32. The van der Waals surface area contributed by atoms with E-state index in [2.05, 4.69) is 24.4 Å². The molecule has 3 nitrogen and oxygen atoms in total. The van der Waals surface area contributed by atoms with Gasteiger partial charge >= 0.3 is 0 Å². The van der Waals surface area contributed by atoms with E-state index in [9.17, 15) is 4.79 Å². The van der Waals surface area contributed by atoms with Crippen molar-refractivity contribution in [3.8, 4) is 5.75 Å². The lowest BCUT2D eigenvalue weighted by atomic mass is 10.2. The zero-order valence-corrected chi connectivity index (χ0v) is 15.4. The molecule has 0 aliphatic heterocycles. The van der Waals surface area contributed by atoms with Crippen LogP contribution in [-0.2, 0) is 13.0 Å². The van der Waals surface area contributed by atoms with Gasteiger partial charge in [0.2, 0.25) is 0 Å². The molecule has 0 atom stereocenters. The Bertz CT molecular complexity index is 858. The highest BCUT2D eigenvalue weighted by Gasteiger charge is 2.10. The fraction of sp³-hybridized carbons (Fsp3) is 0.150. The van der Waals surface area contributed by atoms with Crippen LogP contribution in [0.25, 0.3) is 0 Å². The summed E-state index contributed by atoms with van der Waals surface area (Å²) in [6.45, 7) is 2.56. The van der Waals surface area contributed by atoms with Gasteiger partial charge in [0.25, 0.3) is 5.91 Å². The van der Waals surface area contributed by atoms with Crippen LogP contribution in [0.5, 0.6) is 5.75 Å². The van der Waals surface area contributed by atoms with Crippen LogP contribution in [-0.4, -0.2) is 5.91 Å². The van der Waals surface area contributed by atoms with E-state index in [0.29, 0.717) is 22.2 Å². The second-order valence-electron chi connectivity index (χ2n) is 5.57. The lowest BCUT2D eigenvalue weighted by Gasteiger charge is -2.05. The van der Waals surface area contributed by atoms with E-state index >= 15 is 0 Å². The molecule has 0 spiro atoms. The summed E-state index contributed by atoms with van der Waals surface area (Å²) in [7, 11) is 0. The second-order valence-corrected chi connectivity index (χ2v) is 6.92. The SMILES string of the molecule is CCc1ccc(OCc2csc(C(=O)Nc3cccc(Cl)c3)c2)cc1. The predicted molar refractivity (Wildman–Crippen MR) is 104 cm³/mol. The summed E-state index contributed by atoms with van der Waals surface area (Å²) in [4.78, 5) is 12.9. The monoisotopic (exact) mass is 371 g/mol. The Morgan fingerprint density at radius 3 is 2.64 bits per heavy atom. The maximum atomic E-state index is 12.3. The number of halogens is 1. The molecule has 0 saturated heterocycles. The number of rotatable bonds is 6. The van der Waals surface area contributed by atoms with Crippen LogP contribution in [0, 0.1) is 0 Å². The smallest absolute Gasteiger partial charge is 0.265 e. The van der Waals surface area contributed by atoms with Crippen molar-refractivity contribution < 1.29 is 9.53 Å². The topological polar surface area (TPSA) is 38.3 Å². The van der Waals surface area contributed by atoms with Crippen molar-refractivity contribution in [2.45, 2.75) is 20.0 Å². The minimum absolute atomic E-state index is 0.147. The maximum Gasteiger partial charge on any atom is 0.265 e. The van der Waals surface area contributed by atoms with E-state index in [0.717, 1.165) is 17.7 Å². The maximum absolute atomic E-state index is 12.3.